The molecule has 0 radical (unpaired) electrons. The summed E-state index contributed by atoms with van der Waals surface area (Å²) in [7, 11) is 0. The number of phenols is 1. The molecule has 3 aromatic carbocycles. The Kier molecular flexibility index (Phi) is 8.50. The second kappa shape index (κ2) is 12.0. The van der Waals surface area contributed by atoms with Crippen LogP contribution in [0.5, 0.6) is 17.2 Å². The lowest BCUT2D eigenvalue weighted by atomic mass is 10.2. The van der Waals surface area contributed by atoms with Crippen molar-refractivity contribution in [2.75, 3.05) is 26.3 Å². The van der Waals surface area contributed by atoms with Gasteiger partial charge >= 0.3 is 0 Å². The quantitative estimate of drug-likeness (QED) is 0.402. The molecule has 166 valence electrons. The maximum Gasteiger partial charge on any atom is 0.255 e. The van der Waals surface area contributed by atoms with Gasteiger partial charge in [0, 0.05) is 18.7 Å². The maximum absolute atomic E-state index is 12.5. The molecule has 0 unspecified atom stereocenters. The second-order valence-corrected chi connectivity index (χ2v) is 6.92. The summed E-state index contributed by atoms with van der Waals surface area (Å²) in [5, 5.41) is 15.0. The van der Waals surface area contributed by atoms with E-state index in [1.54, 1.807) is 36.4 Å². The van der Waals surface area contributed by atoms with Crippen molar-refractivity contribution >= 4 is 11.8 Å². The molecule has 7 nitrogen and oxygen atoms in total. The first kappa shape index (κ1) is 22.7. The van der Waals surface area contributed by atoms with E-state index in [-0.39, 0.29) is 17.6 Å². The molecule has 0 saturated carbocycles. The lowest BCUT2D eigenvalue weighted by molar-refractivity contribution is 0.0947. The first-order chi connectivity index (χ1) is 15.6. The summed E-state index contributed by atoms with van der Waals surface area (Å²) in [4.78, 5) is 24.6. The monoisotopic (exact) mass is 434 g/mol. The minimum Gasteiger partial charge on any atom is -0.508 e. The van der Waals surface area contributed by atoms with E-state index in [2.05, 4.69) is 10.6 Å². The Balaban J connectivity index is 1.38. The number of carbonyl (C=O) groups excluding carboxylic acids is 2. The number of hydrogen-bond acceptors (Lipinski definition) is 5. The summed E-state index contributed by atoms with van der Waals surface area (Å²) in [5.74, 6) is 0.766. The van der Waals surface area contributed by atoms with Gasteiger partial charge in [-0.15, -0.1) is 0 Å². The van der Waals surface area contributed by atoms with Crippen LogP contribution >= 0.6 is 0 Å². The van der Waals surface area contributed by atoms with Gasteiger partial charge in [-0.25, -0.2) is 0 Å². The van der Waals surface area contributed by atoms with Crippen LogP contribution in [0.3, 0.4) is 0 Å². The van der Waals surface area contributed by atoms with Crippen LogP contribution in [-0.2, 0) is 0 Å². The standard InChI is InChI=1S/C25H26N2O5/c28-20-9-6-8-19(18-20)24(29)26-14-7-15-27-25(30)22-12-4-5-13-23(22)32-17-16-31-21-10-2-1-3-11-21/h1-6,8-13,18,28H,7,14-17H2,(H,26,29)(H,27,30). The Bertz CT molecular complexity index is 1020. The van der Waals surface area contributed by atoms with Crippen molar-refractivity contribution in [2.45, 2.75) is 6.42 Å². The van der Waals surface area contributed by atoms with E-state index in [0.29, 0.717) is 49.6 Å². The molecule has 0 aliphatic heterocycles. The van der Waals surface area contributed by atoms with Crippen molar-refractivity contribution in [3.63, 3.8) is 0 Å². The average Bonchev–Trinajstić information content (AvgIpc) is 2.82. The molecule has 2 amide bonds. The van der Waals surface area contributed by atoms with Crippen molar-refractivity contribution in [2.24, 2.45) is 0 Å². The van der Waals surface area contributed by atoms with Gasteiger partial charge < -0.3 is 25.2 Å². The van der Waals surface area contributed by atoms with Crippen molar-refractivity contribution in [1.29, 1.82) is 0 Å². The molecule has 32 heavy (non-hydrogen) atoms. The fourth-order valence-electron chi connectivity index (χ4n) is 2.94. The third-order valence-corrected chi connectivity index (χ3v) is 4.52. The normalized spacial score (nSPS) is 10.2. The fourth-order valence-corrected chi connectivity index (χ4v) is 2.94. The van der Waals surface area contributed by atoms with Crippen LogP contribution in [0.2, 0.25) is 0 Å². The Morgan fingerprint density at radius 1 is 0.750 bits per heavy atom. The lowest BCUT2D eigenvalue weighted by Crippen LogP contribution is -2.30. The topological polar surface area (TPSA) is 96.9 Å². The molecule has 0 atom stereocenters. The fraction of sp³-hybridized carbons (Fsp3) is 0.200. The second-order valence-electron chi connectivity index (χ2n) is 6.92. The Morgan fingerprint density at radius 2 is 1.44 bits per heavy atom. The largest absolute Gasteiger partial charge is 0.508 e. The van der Waals surface area contributed by atoms with E-state index >= 15 is 0 Å². The Morgan fingerprint density at radius 3 is 2.22 bits per heavy atom. The highest BCUT2D eigenvalue weighted by molar-refractivity contribution is 5.97. The van der Waals surface area contributed by atoms with Crippen molar-refractivity contribution in [1.82, 2.24) is 10.6 Å². The Hall–Kier alpha value is -4.00. The minimum absolute atomic E-state index is 0.0393. The zero-order chi connectivity index (χ0) is 22.6. The Labute approximate surface area is 187 Å². The number of para-hydroxylation sites is 2. The average molecular weight is 434 g/mol. The third kappa shape index (κ3) is 7.05. The van der Waals surface area contributed by atoms with Gasteiger partial charge in [-0.3, -0.25) is 9.59 Å². The number of amides is 2. The molecule has 0 spiro atoms. The van der Waals surface area contributed by atoms with Gasteiger partial charge in [0.25, 0.3) is 11.8 Å². The van der Waals surface area contributed by atoms with Gasteiger partial charge in [0.15, 0.2) is 0 Å². The number of aromatic hydroxyl groups is 1. The summed E-state index contributed by atoms with van der Waals surface area (Å²) in [6.45, 7) is 1.45. The summed E-state index contributed by atoms with van der Waals surface area (Å²) in [5.41, 5.74) is 0.826. The molecule has 0 saturated heterocycles. The van der Waals surface area contributed by atoms with Crippen LogP contribution in [0.15, 0.2) is 78.9 Å². The van der Waals surface area contributed by atoms with Crippen LogP contribution in [0, 0.1) is 0 Å². The van der Waals surface area contributed by atoms with Gasteiger partial charge in [-0.05, 0) is 48.9 Å². The first-order valence-corrected chi connectivity index (χ1v) is 10.4. The molecule has 0 aliphatic rings. The zero-order valence-electron chi connectivity index (χ0n) is 17.6. The van der Waals surface area contributed by atoms with Crippen LogP contribution in [0.4, 0.5) is 0 Å². The van der Waals surface area contributed by atoms with E-state index in [0.717, 1.165) is 5.75 Å². The number of benzene rings is 3. The molecular weight excluding hydrogens is 408 g/mol. The number of ether oxygens (including phenoxy) is 2. The number of nitrogens with one attached hydrogen (secondary N) is 2. The van der Waals surface area contributed by atoms with Crippen LogP contribution in [0.1, 0.15) is 27.1 Å². The van der Waals surface area contributed by atoms with E-state index in [9.17, 15) is 14.7 Å². The van der Waals surface area contributed by atoms with Crippen molar-refractivity contribution in [3.05, 3.63) is 90.0 Å². The van der Waals surface area contributed by atoms with Crippen LogP contribution < -0.4 is 20.1 Å². The summed E-state index contributed by atoms with van der Waals surface area (Å²) in [6, 6.07) is 22.6. The van der Waals surface area contributed by atoms with E-state index < -0.39 is 0 Å². The smallest absolute Gasteiger partial charge is 0.255 e. The number of hydrogen-bond donors (Lipinski definition) is 3. The summed E-state index contributed by atoms with van der Waals surface area (Å²) < 4.78 is 11.3. The van der Waals surface area contributed by atoms with Gasteiger partial charge in [-0.1, -0.05) is 36.4 Å². The number of carbonyl (C=O) groups is 2. The molecule has 3 rings (SSSR count). The lowest BCUT2D eigenvalue weighted by Gasteiger charge is -2.12. The van der Waals surface area contributed by atoms with E-state index in [1.165, 1.54) is 12.1 Å². The molecule has 0 aliphatic carbocycles. The predicted molar refractivity (Wildman–Crippen MR) is 121 cm³/mol. The molecule has 3 N–H and O–H groups in total. The molecule has 0 bridgehead atoms. The maximum atomic E-state index is 12.5. The first-order valence-electron chi connectivity index (χ1n) is 10.4. The summed E-state index contributed by atoms with van der Waals surface area (Å²) >= 11 is 0. The molecule has 0 fully saturated rings. The molecule has 7 heteroatoms. The van der Waals surface area contributed by atoms with Gasteiger partial charge in [-0.2, -0.15) is 0 Å². The highest BCUT2D eigenvalue weighted by Crippen LogP contribution is 2.18. The number of rotatable bonds is 11. The highest BCUT2D eigenvalue weighted by Gasteiger charge is 2.12. The van der Waals surface area contributed by atoms with Crippen molar-refractivity contribution in [3.8, 4) is 17.2 Å². The third-order valence-electron chi connectivity index (χ3n) is 4.52. The van der Waals surface area contributed by atoms with Gasteiger partial charge in [0.05, 0.1) is 5.56 Å². The molecule has 0 heterocycles. The predicted octanol–water partition coefficient (Wildman–Crippen LogP) is 3.40. The SMILES string of the molecule is O=C(NCCCNC(=O)c1ccccc1OCCOc1ccccc1)c1cccc(O)c1. The minimum atomic E-state index is -0.274. The van der Waals surface area contributed by atoms with Gasteiger partial charge in [0.2, 0.25) is 0 Å². The number of phenolic OH excluding ortho intramolecular Hbond substituents is 1. The van der Waals surface area contributed by atoms with Crippen LogP contribution in [-0.4, -0.2) is 43.2 Å². The summed E-state index contributed by atoms with van der Waals surface area (Å²) in [6.07, 6.45) is 0.560. The molecular formula is C25H26N2O5. The van der Waals surface area contributed by atoms with E-state index in [4.69, 9.17) is 9.47 Å². The molecule has 0 aromatic heterocycles. The van der Waals surface area contributed by atoms with Gasteiger partial charge in [0.1, 0.15) is 30.5 Å². The van der Waals surface area contributed by atoms with Crippen molar-refractivity contribution < 1.29 is 24.2 Å². The zero-order valence-corrected chi connectivity index (χ0v) is 17.6. The highest BCUT2D eigenvalue weighted by atomic mass is 16.5. The molecule has 3 aromatic rings. The van der Waals surface area contributed by atoms with Crippen LogP contribution in [0.25, 0.3) is 0 Å². The van der Waals surface area contributed by atoms with E-state index in [1.807, 2.05) is 30.3 Å².